The molecule has 2 aromatic carbocycles. The fraction of sp³-hybridized carbons (Fsp3) is 0.364. The molecule has 0 radical (unpaired) electrons. The van der Waals surface area contributed by atoms with Crippen molar-refractivity contribution >= 4 is 23.0 Å². The molecule has 0 spiro atoms. The van der Waals surface area contributed by atoms with Crippen molar-refractivity contribution in [3.63, 3.8) is 0 Å². The zero-order valence-electron chi connectivity index (χ0n) is 15.9. The minimum atomic E-state index is -0.431. The molecule has 0 saturated heterocycles. The van der Waals surface area contributed by atoms with Crippen molar-refractivity contribution in [1.82, 2.24) is 5.32 Å². The number of thioether (sulfide) groups is 1. The van der Waals surface area contributed by atoms with Crippen LogP contribution in [-0.2, 0) is 9.53 Å². The van der Waals surface area contributed by atoms with Gasteiger partial charge in [-0.25, -0.2) is 4.79 Å². The van der Waals surface area contributed by atoms with Crippen LogP contribution in [0.15, 0.2) is 48.5 Å². The molecule has 1 amide bonds. The van der Waals surface area contributed by atoms with E-state index in [9.17, 15) is 9.59 Å². The maximum absolute atomic E-state index is 12.4. The van der Waals surface area contributed by atoms with E-state index >= 15 is 0 Å². The van der Waals surface area contributed by atoms with Gasteiger partial charge in [0.05, 0.1) is 0 Å². The summed E-state index contributed by atoms with van der Waals surface area (Å²) in [5, 5.41) is 2.96. The van der Waals surface area contributed by atoms with Crippen molar-refractivity contribution in [3.8, 4) is 11.1 Å². The molecule has 0 heterocycles. The lowest BCUT2D eigenvalue weighted by atomic mass is 9.98. The number of hydrogen-bond donors (Lipinski definition) is 1. The number of alkyl carbamates (subject to hydrolysis) is 1. The molecule has 5 heteroatoms. The highest BCUT2D eigenvalue weighted by molar-refractivity contribution is 8.13. The van der Waals surface area contributed by atoms with Gasteiger partial charge in [-0.15, -0.1) is 0 Å². The SMILES string of the molecule is CC(=O)SC[C@@H](NC(=O)OCC1c2ccccc2-c2ccccc21)C(C)C. The molecule has 1 N–H and O–H groups in total. The van der Waals surface area contributed by atoms with Crippen LogP contribution in [0.5, 0.6) is 0 Å². The van der Waals surface area contributed by atoms with Crippen LogP contribution in [0.25, 0.3) is 11.1 Å². The number of ether oxygens (including phenoxy) is 1. The molecule has 0 unspecified atom stereocenters. The molecular weight excluding hydrogens is 358 g/mol. The normalized spacial score (nSPS) is 13.8. The van der Waals surface area contributed by atoms with Crippen LogP contribution in [0.3, 0.4) is 0 Å². The van der Waals surface area contributed by atoms with Crippen molar-refractivity contribution < 1.29 is 14.3 Å². The van der Waals surface area contributed by atoms with Gasteiger partial charge in [-0.1, -0.05) is 74.1 Å². The Bertz CT molecular complexity index is 788. The number of hydrogen-bond acceptors (Lipinski definition) is 4. The highest BCUT2D eigenvalue weighted by Crippen LogP contribution is 2.44. The molecule has 0 bridgehead atoms. The Morgan fingerprint density at radius 1 is 1.04 bits per heavy atom. The summed E-state index contributed by atoms with van der Waals surface area (Å²) < 4.78 is 5.58. The van der Waals surface area contributed by atoms with E-state index in [-0.39, 0.29) is 23.0 Å². The van der Waals surface area contributed by atoms with E-state index in [0.29, 0.717) is 12.4 Å². The summed E-state index contributed by atoms with van der Waals surface area (Å²) in [6.45, 7) is 5.88. The smallest absolute Gasteiger partial charge is 0.407 e. The lowest BCUT2D eigenvalue weighted by molar-refractivity contribution is -0.109. The van der Waals surface area contributed by atoms with E-state index in [2.05, 4.69) is 29.6 Å². The lowest BCUT2D eigenvalue weighted by Crippen LogP contribution is -2.41. The van der Waals surface area contributed by atoms with Gasteiger partial charge in [-0.3, -0.25) is 4.79 Å². The van der Waals surface area contributed by atoms with Crippen LogP contribution in [-0.4, -0.2) is 29.6 Å². The van der Waals surface area contributed by atoms with Crippen LogP contribution < -0.4 is 5.32 Å². The standard InChI is InChI=1S/C22H25NO3S/c1-14(2)21(13-27-15(3)24)23-22(25)26-12-20-18-10-6-4-8-16(18)17-9-5-7-11-19(17)20/h4-11,14,20-21H,12-13H2,1-3H3,(H,23,25)/t21-/m1/s1. The fourth-order valence-electron chi connectivity index (χ4n) is 3.40. The summed E-state index contributed by atoms with van der Waals surface area (Å²) in [4.78, 5) is 23.6. The van der Waals surface area contributed by atoms with Gasteiger partial charge in [0.1, 0.15) is 6.61 Å². The molecule has 27 heavy (non-hydrogen) atoms. The topological polar surface area (TPSA) is 55.4 Å². The van der Waals surface area contributed by atoms with Crippen molar-refractivity contribution in [1.29, 1.82) is 0 Å². The fourth-order valence-corrected chi connectivity index (χ4v) is 4.28. The molecule has 0 saturated carbocycles. The summed E-state index contributed by atoms with van der Waals surface area (Å²) in [6.07, 6.45) is -0.431. The van der Waals surface area contributed by atoms with Crippen LogP contribution >= 0.6 is 11.8 Å². The summed E-state index contributed by atoms with van der Waals surface area (Å²) >= 11 is 1.23. The lowest BCUT2D eigenvalue weighted by Gasteiger charge is -2.22. The molecule has 0 aromatic heterocycles. The first kappa shape index (κ1) is 19.5. The molecule has 1 aliphatic rings. The van der Waals surface area contributed by atoms with Crippen molar-refractivity contribution in [2.45, 2.75) is 32.7 Å². The molecule has 0 aliphatic heterocycles. The van der Waals surface area contributed by atoms with Crippen molar-refractivity contribution in [2.24, 2.45) is 5.92 Å². The minimum Gasteiger partial charge on any atom is -0.449 e. The average molecular weight is 384 g/mol. The summed E-state index contributed by atoms with van der Waals surface area (Å²) in [5.41, 5.74) is 4.80. The molecule has 0 fully saturated rings. The number of benzene rings is 2. The zero-order valence-corrected chi connectivity index (χ0v) is 16.7. The maximum atomic E-state index is 12.4. The summed E-state index contributed by atoms with van der Waals surface area (Å²) in [7, 11) is 0. The Morgan fingerprint density at radius 2 is 1.59 bits per heavy atom. The van der Waals surface area contributed by atoms with Gasteiger partial charge in [0, 0.05) is 24.6 Å². The van der Waals surface area contributed by atoms with Gasteiger partial charge in [0.25, 0.3) is 0 Å². The summed E-state index contributed by atoms with van der Waals surface area (Å²) in [6, 6.07) is 16.4. The molecule has 4 nitrogen and oxygen atoms in total. The van der Waals surface area contributed by atoms with Gasteiger partial charge in [0.15, 0.2) is 5.12 Å². The number of nitrogens with one attached hydrogen (secondary N) is 1. The third kappa shape index (κ3) is 4.53. The Balaban J connectivity index is 1.66. The number of amides is 1. The predicted octanol–water partition coefficient (Wildman–Crippen LogP) is 4.83. The maximum Gasteiger partial charge on any atom is 0.407 e. The molecule has 1 aliphatic carbocycles. The van der Waals surface area contributed by atoms with Crippen LogP contribution in [0.2, 0.25) is 0 Å². The van der Waals surface area contributed by atoms with E-state index in [1.54, 1.807) is 0 Å². The van der Waals surface area contributed by atoms with E-state index in [0.717, 1.165) is 0 Å². The minimum absolute atomic E-state index is 0.0484. The Hall–Kier alpha value is -2.27. The van der Waals surface area contributed by atoms with Gasteiger partial charge in [-0.2, -0.15) is 0 Å². The zero-order chi connectivity index (χ0) is 19.4. The number of rotatable bonds is 6. The van der Waals surface area contributed by atoms with E-state index in [1.165, 1.54) is 40.9 Å². The highest BCUT2D eigenvalue weighted by atomic mass is 32.2. The second-order valence-electron chi connectivity index (χ2n) is 7.12. The Kier molecular flexibility index (Phi) is 6.22. The van der Waals surface area contributed by atoms with E-state index in [4.69, 9.17) is 4.74 Å². The van der Waals surface area contributed by atoms with Crippen molar-refractivity contribution in [2.75, 3.05) is 12.4 Å². The number of carbonyl (C=O) groups is 2. The Labute approximate surface area is 164 Å². The molecular formula is C22H25NO3S. The predicted molar refractivity (Wildman–Crippen MR) is 110 cm³/mol. The average Bonchev–Trinajstić information content (AvgIpc) is 2.97. The number of carbonyl (C=O) groups excluding carboxylic acids is 2. The molecule has 1 atom stereocenters. The molecule has 142 valence electrons. The van der Waals surface area contributed by atoms with Gasteiger partial charge in [0.2, 0.25) is 0 Å². The number of fused-ring (bicyclic) bond motifs is 3. The molecule has 2 aromatic rings. The monoisotopic (exact) mass is 383 g/mol. The first-order valence-electron chi connectivity index (χ1n) is 9.22. The second kappa shape index (κ2) is 8.61. The summed E-state index contributed by atoms with van der Waals surface area (Å²) in [5.74, 6) is 0.821. The van der Waals surface area contributed by atoms with Crippen molar-refractivity contribution in [3.05, 3.63) is 59.7 Å². The first-order chi connectivity index (χ1) is 13.0. The quantitative estimate of drug-likeness (QED) is 0.776. The first-order valence-corrected chi connectivity index (χ1v) is 10.2. The Morgan fingerprint density at radius 3 is 2.11 bits per heavy atom. The third-order valence-corrected chi connectivity index (χ3v) is 5.85. The van der Waals surface area contributed by atoms with Crippen LogP contribution in [0.1, 0.15) is 37.8 Å². The highest BCUT2D eigenvalue weighted by Gasteiger charge is 2.29. The van der Waals surface area contributed by atoms with E-state index < -0.39 is 6.09 Å². The van der Waals surface area contributed by atoms with E-state index in [1.807, 2.05) is 38.1 Å². The van der Waals surface area contributed by atoms with Gasteiger partial charge >= 0.3 is 6.09 Å². The third-order valence-electron chi connectivity index (χ3n) is 4.92. The second-order valence-corrected chi connectivity index (χ2v) is 8.32. The van der Waals surface area contributed by atoms with Gasteiger partial charge in [-0.05, 0) is 28.2 Å². The largest absolute Gasteiger partial charge is 0.449 e. The molecule has 3 rings (SSSR count). The van der Waals surface area contributed by atoms with Crippen LogP contribution in [0, 0.1) is 5.92 Å². The van der Waals surface area contributed by atoms with Crippen LogP contribution in [0.4, 0.5) is 4.79 Å². The van der Waals surface area contributed by atoms with Gasteiger partial charge < -0.3 is 10.1 Å².